The fraction of sp³-hybridized carbons (Fsp3) is 1.00. The third kappa shape index (κ3) is 39.6. The van der Waals surface area contributed by atoms with Crippen LogP contribution in [0, 0.1) is 0 Å². The van der Waals surface area contributed by atoms with Gasteiger partial charge in [-0.1, -0.05) is 0 Å². The van der Waals surface area contributed by atoms with Crippen LogP contribution >= 0.6 is 16.5 Å². The first-order chi connectivity index (χ1) is 4.54. The van der Waals surface area contributed by atoms with Crippen molar-refractivity contribution in [3.8, 4) is 0 Å². The second-order valence-electron chi connectivity index (χ2n) is 0.918. The number of rotatable bonds is 2. The van der Waals surface area contributed by atoms with Gasteiger partial charge in [0.25, 0.3) is 0 Å². The maximum absolute atomic E-state index is 9.29. The first-order valence-corrected chi connectivity index (χ1v) is 4.70. The molecule has 0 aliphatic carbocycles. The Balaban J connectivity index is -0.0000000569. The Morgan fingerprint density at radius 2 is 1.42 bits per heavy atom. The molecule has 0 radical (unpaired) electrons. The van der Waals surface area contributed by atoms with Crippen LogP contribution < -0.4 is 68.9 Å². The van der Waals surface area contributed by atoms with E-state index in [4.69, 9.17) is 5.11 Å². The van der Waals surface area contributed by atoms with Crippen LogP contribution in [0.2, 0.25) is 0 Å². The molecule has 12 heavy (non-hydrogen) atoms. The van der Waals surface area contributed by atoms with E-state index in [-0.39, 0.29) is 65.7 Å². The smallest absolute Gasteiger partial charge is 0.781 e. The average Bonchev–Trinajstić information content (AvgIpc) is 1.62. The van der Waals surface area contributed by atoms with Crippen LogP contribution in [0.25, 0.3) is 0 Å². The van der Waals surface area contributed by atoms with E-state index in [0.717, 1.165) is 0 Å². The molecule has 10 heteroatoms. The molecule has 0 amide bonds. The van der Waals surface area contributed by atoms with Gasteiger partial charge in [0.15, 0.2) is 0 Å². The summed E-state index contributed by atoms with van der Waals surface area (Å²) in [6, 6.07) is 0. The first-order valence-electron chi connectivity index (χ1n) is 2.25. The molecule has 0 fully saturated rings. The molecule has 0 spiro atoms. The van der Waals surface area contributed by atoms with Gasteiger partial charge in [-0.15, -0.1) is 0 Å². The molecule has 0 aromatic rings. The normalized spacial score (nSPS) is 12.3. The molecule has 2 atom stereocenters. The number of aliphatic hydroxyl groups is 1. The largest absolute Gasteiger partial charge is 1.00 e. The Hall–Kier alpha value is 2.30. The van der Waals surface area contributed by atoms with Gasteiger partial charge < -0.3 is 24.0 Å². The Bertz CT molecular complexity index is 108. The standard InChI is InChI=1S/C2H6O.2Na.H4O5P2/c1-2-3;;;1-6(2)5-7(3)4/h3H,2H2,1H3;;;6-7H,(H,1,2)(H,3,4)/q;2*+1;/p-2. The van der Waals surface area contributed by atoms with Crippen LogP contribution in [0.1, 0.15) is 6.92 Å². The average molecular weight is 236 g/mol. The SMILES string of the molecule is CCO.O=[PH]([O-])O[PH](=O)[O-].[Na+].[Na+]. The van der Waals surface area contributed by atoms with Crippen molar-refractivity contribution in [2.75, 3.05) is 6.61 Å². The van der Waals surface area contributed by atoms with Crippen molar-refractivity contribution in [1.29, 1.82) is 0 Å². The molecule has 0 aliphatic rings. The van der Waals surface area contributed by atoms with Crippen molar-refractivity contribution in [2.45, 2.75) is 6.92 Å². The van der Waals surface area contributed by atoms with Gasteiger partial charge in [-0.2, -0.15) is 0 Å². The topological polar surface area (TPSA) is 110 Å². The van der Waals surface area contributed by atoms with Crippen LogP contribution in [-0.4, -0.2) is 11.7 Å². The van der Waals surface area contributed by atoms with E-state index in [9.17, 15) is 18.9 Å². The zero-order valence-electron chi connectivity index (χ0n) is 7.20. The van der Waals surface area contributed by atoms with Gasteiger partial charge in [0, 0.05) is 6.61 Å². The summed E-state index contributed by atoms with van der Waals surface area (Å²) < 4.78 is 21.8. The monoisotopic (exact) mass is 236 g/mol. The molecular weight excluding hydrogens is 228 g/mol. The Morgan fingerprint density at radius 1 is 1.25 bits per heavy atom. The first kappa shape index (κ1) is 23.8. The van der Waals surface area contributed by atoms with E-state index in [0.29, 0.717) is 0 Å². The predicted molar refractivity (Wildman–Crippen MR) is 31.8 cm³/mol. The van der Waals surface area contributed by atoms with Crippen LogP contribution in [-0.2, 0) is 13.4 Å². The minimum atomic E-state index is -3.51. The van der Waals surface area contributed by atoms with Gasteiger partial charge in [0.1, 0.15) is 16.5 Å². The maximum atomic E-state index is 9.29. The minimum Gasteiger partial charge on any atom is -0.781 e. The molecule has 0 saturated heterocycles. The van der Waals surface area contributed by atoms with E-state index >= 15 is 0 Å². The van der Waals surface area contributed by atoms with E-state index in [1.165, 1.54) is 0 Å². The van der Waals surface area contributed by atoms with E-state index < -0.39 is 16.5 Å². The van der Waals surface area contributed by atoms with Crippen LogP contribution in [0.5, 0.6) is 0 Å². The molecule has 2 unspecified atom stereocenters. The summed E-state index contributed by atoms with van der Waals surface area (Å²) in [5, 5.41) is 7.57. The molecule has 0 aliphatic heterocycles. The molecule has 6 nitrogen and oxygen atoms in total. The second-order valence-corrected chi connectivity index (χ2v) is 2.73. The summed E-state index contributed by atoms with van der Waals surface area (Å²) in [7, 11) is -7.03. The fourth-order valence-electron chi connectivity index (χ4n) is 0.0680. The quantitative estimate of drug-likeness (QED) is 0.376. The van der Waals surface area contributed by atoms with Crippen LogP contribution in [0.15, 0.2) is 0 Å². The van der Waals surface area contributed by atoms with Crippen molar-refractivity contribution in [2.24, 2.45) is 0 Å². The predicted octanol–water partition coefficient (Wildman–Crippen LogP) is -7.49. The van der Waals surface area contributed by atoms with Crippen molar-refractivity contribution < 1.29 is 87.4 Å². The molecule has 0 heterocycles. The van der Waals surface area contributed by atoms with Gasteiger partial charge >= 0.3 is 59.1 Å². The fourth-order valence-corrected chi connectivity index (χ4v) is 0.612. The Kier molecular flexibility index (Phi) is 37.7. The molecule has 0 aromatic carbocycles. The summed E-state index contributed by atoms with van der Waals surface area (Å²) >= 11 is 0. The van der Waals surface area contributed by atoms with Gasteiger partial charge in [0.2, 0.25) is 0 Å². The number of hydrogen-bond donors (Lipinski definition) is 1. The van der Waals surface area contributed by atoms with E-state index in [1.54, 1.807) is 6.92 Å². The second kappa shape index (κ2) is 19.0. The number of aliphatic hydroxyl groups excluding tert-OH is 1. The molecule has 1 N–H and O–H groups in total. The van der Waals surface area contributed by atoms with Gasteiger partial charge in [0.05, 0.1) is 0 Å². The molecule has 0 aromatic heterocycles. The van der Waals surface area contributed by atoms with Crippen LogP contribution in [0.4, 0.5) is 0 Å². The zero-order chi connectivity index (χ0) is 8.57. The molecule has 0 saturated carbocycles. The van der Waals surface area contributed by atoms with Gasteiger partial charge in [-0.3, -0.25) is 4.31 Å². The Morgan fingerprint density at radius 3 is 1.42 bits per heavy atom. The van der Waals surface area contributed by atoms with Crippen molar-refractivity contribution in [1.82, 2.24) is 0 Å². The molecule has 0 rings (SSSR count). The summed E-state index contributed by atoms with van der Waals surface area (Å²) in [6.45, 7) is 1.93. The van der Waals surface area contributed by atoms with Gasteiger partial charge in [-0.25, -0.2) is 0 Å². The summed E-state index contributed by atoms with van der Waals surface area (Å²) in [4.78, 5) is 18.6. The third-order valence-electron chi connectivity index (χ3n) is 0.167. The summed E-state index contributed by atoms with van der Waals surface area (Å²) in [5.41, 5.74) is 0. The van der Waals surface area contributed by atoms with Crippen molar-refractivity contribution in [3.05, 3.63) is 0 Å². The zero-order valence-corrected chi connectivity index (χ0v) is 13.2. The number of hydrogen-bond acceptors (Lipinski definition) is 6. The summed E-state index contributed by atoms with van der Waals surface area (Å²) in [6.07, 6.45) is 0. The summed E-state index contributed by atoms with van der Waals surface area (Å²) in [5.74, 6) is 0. The van der Waals surface area contributed by atoms with E-state index in [1.807, 2.05) is 0 Å². The van der Waals surface area contributed by atoms with Crippen LogP contribution in [0.3, 0.4) is 0 Å². The molecule has 64 valence electrons. The minimum absolute atomic E-state index is 0. The van der Waals surface area contributed by atoms with E-state index in [2.05, 4.69) is 4.31 Å². The van der Waals surface area contributed by atoms with Crippen molar-refractivity contribution >= 4 is 16.5 Å². The third-order valence-corrected chi connectivity index (χ3v) is 1.50. The Labute approximate surface area is 116 Å². The van der Waals surface area contributed by atoms with Crippen molar-refractivity contribution in [3.63, 3.8) is 0 Å². The molecule has 0 bridgehead atoms. The van der Waals surface area contributed by atoms with Gasteiger partial charge in [-0.05, 0) is 6.92 Å². The maximum Gasteiger partial charge on any atom is 1.00 e. The molecular formula is C2H8Na2O6P2.